The van der Waals surface area contributed by atoms with Crippen molar-refractivity contribution >= 4 is 5.97 Å². The van der Waals surface area contributed by atoms with E-state index in [9.17, 15) is 4.79 Å². The van der Waals surface area contributed by atoms with E-state index in [1.165, 1.54) is 13.2 Å². The van der Waals surface area contributed by atoms with Crippen molar-refractivity contribution in [2.45, 2.75) is 26.9 Å². The molecule has 1 atom stereocenters. The molecule has 0 aliphatic carbocycles. The zero-order valence-electron chi connectivity index (χ0n) is 10.9. The first-order valence-electron chi connectivity index (χ1n) is 5.54. The monoisotopic (exact) mass is 248 g/mol. The zero-order chi connectivity index (χ0) is 13.8. The van der Waals surface area contributed by atoms with Crippen molar-refractivity contribution < 1.29 is 14.3 Å². The summed E-state index contributed by atoms with van der Waals surface area (Å²) in [5.74, 6) is -0.221. The molecule has 1 aromatic rings. The number of carbonyl (C=O) groups is 1. The predicted molar refractivity (Wildman–Crippen MR) is 65.1 cm³/mol. The normalized spacial score (nSPS) is 12.4. The van der Waals surface area contributed by atoms with Gasteiger partial charge in [-0.05, 0) is 26.8 Å². The van der Waals surface area contributed by atoms with E-state index < -0.39 is 17.5 Å². The summed E-state index contributed by atoms with van der Waals surface area (Å²) in [5.41, 5.74) is -0.580. The number of esters is 1. The van der Waals surface area contributed by atoms with Gasteiger partial charge in [0.25, 0.3) is 0 Å². The highest BCUT2D eigenvalue weighted by Crippen LogP contribution is 2.22. The number of ether oxygens (including phenoxy) is 2. The number of pyridine rings is 1. The van der Waals surface area contributed by atoms with Crippen molar-refractivity contribution in [3.05, 3.63) is 23.9 Å². The summed E-state index contributed by atoms with van der Waals surface area (Å²) in [6, 6.07) is 6.93. The van der Waals surface area contributed by atoms with E-state index in [1.807, 2.05) is 0 Å². The minimum absolute atomic E-state index is 0.162. The van der Waals surface area contributed by atoms with Crippen LogP contribution in [0.25, 0.3) is 0 Å². The summed E-state index contributed by atoms with van der Waals surface area (Å²) in [6.07, 6.45) is -0.525. The second-order valence-corrected chi connectivity index (χ2v) is 4.45. The Morgan fingerprint density at radius 2 is 2.17 bits per heavy atom. The molecule has 0 bridgehead atoms. The molecule has 0 fully saturated rings. The van der Waals surface area contributed by atoms with Crippen molar-refractivity contribution in [3.63, 3.8) is 0 Å². The molecule has 1 aromatic heterocycles. The van der Waals surface area contributed by atoms with Crippen molar-refractivity contribution in [1.29, 1.82) is 5.26 Å². The number of nitriles is 1. The van der Waals surface area contributed by atoms with Crippen LogP contribution in [0.1, 0.15) is 31.3 Å². The molecule has 0 saturated carbocycles. The lowest BCUT2D eigenvalue weighted by molar-refractivity contribution is 0.0122. The lowest BCUT2D eigenvalue weighted by Gasteiger charge is -2.23. The highest BCUT2D eigenvalue weighted by molar-refractivity contribution is 5.87. The lowest BCUT2D eigenvalue weighted by Crippen LogP contribution is -2.30. The maximum absolute atomic E-state index is 11.8. The van der Waals surface area contributed by atoms with E-state index in [4.69, 9.17) is 14.7 Å². The van der Waals surface area contributed by atoms with E-state index in [0.717, 1.165) is 0 Å². The van der Waals surface area contributed by atoms with Crippen LogP contribution < -0.4 is 4.74 Å². The SMILES string of the molecule is COc1cccc(C(=O)O[C@@H](C)C(C)(C)C#N)n1. The van der Waals surface area contributed by atoms with Crippen LogP contribution in [0.3, 0.4) is 0 Å². The Hall–Kier alpha value is -2.09. The Morgan fingerprint density at radius 1 is 1.50 bits per heavy atom. The fourth-order valence-electron chi connectivity index (χ4n) is 1.10. The number of carbonyl (C=O) groups excluding carboxylic acids is 1. The van der Waals surface area contributed by atoms with Crippen LogP contribution in [0.5, 0.6) is 5.88 Å². The van der Waals surface area contributed by atoms with Gasteiger partial charge >= 0.3 is 5.97 Å². The number of hydrogen-bond acceptors (Lipinski definition) is 5. The Bertz CT molecular complexity index is 477. The first-order valence-corrected chi connectivity index (χ1v) is 5.54. The van der Waals surface area contributed by atoms with Crippen molar-refractivity contribution in [2.75, 3.05) is 7.11 Å². The van der Waals surface area contributed by atoms with E-state index in [1.54, 1.807) is 32.9 Å². The average molecular weight is 248 g/mol. The standard InChI is InChI=1S/C13H16N2O3/c1-9(13(2,3)8-14)18-12(16)10-6-5-7-11(15-10)17-4/h5-7,9H,1-4H3/t9-/m0/s1. The van der Waals surface area contributed by atoms with Crippen LogP contribution in [-0.4, -0.2) is 24.2 Å². The van der Waals surface area contributed by atoms with Gasteiger partial charge in [0, 0.05) is 6.07 Å². The third-order valence-corrected chi connectivity index (χ3v) is 2.73. The molecule has 96 valence electrons. The molecular formula is C13H16N2O3. The summed E-state index contributed by atoms with van der Waals surface area (Å²) in [6.45, 7) is 5.11. The van der Waals surface area contributed by atoms with Gasteiger partial charge in [-0.25, -0.2) is 9.78 Å². The van der Waals surface area contributed by atoms with Gasteiger partial charge in [0.15, 0.2) is 5.69 Å². The number of hydrogen-bond donors (Lipinski definition) is 0. The quantitative estimate of drug-likeness (QED) is 0.764. The molecule has 5 nitrogen and oxygen atoms in total. The van der Waals surface area contributed by atoms with Gasteiger partial charge in [-0.3, -0.25) is 0 Å². The first kappa shape index (κ1) is 14.0. The van der Waals surface area contributed by atoms with Gasteiger partial charge in [-0.1, -0.05) is 6.07 Å². The van der Waals surface area contributed by atoms with Crippen LogP contribution in [0.2, 0.25) is 0 Å². The maximum Gasteiger partial charge on any atom is 0.357 e. The number of rotatable bonds is 4. The molecule has 0 saturated heterocycles. The van der Waals surface area contributed by atoms with Gasteiger partial charge < -0.3 is 9.47 Å². The highest BCUT2D eigenvalue weighted by atomic mass is 16.5. The van der Waals surface area contributed by atoms with Crippen molar-refractivity contribution in [3.8, 4) is 11.9 Å². The van der Waals surface area contributed by atoms with Crippen LogP contribution in [0, 0.1) is 16.7 Å². The maximum atomic E-state index is 11.8. The fourth-order valence-corrected chi connectivity index (χ4v) is 1.10. The van der Waals surface area contributed by atoms with Gasteiger partial charge in [-0.2, -0.15) is 5.26 Å². The number of methoxy groups -OCH3 is 1. The molecule has 0 spiro atoms. The molecule has 0 aliphatic rings. The molecule has 0 aliphatic heterocycles. The van der Waals surface area contributed by atoms with Crippen molar-refractivity contribution in [1.82, 2.24) is 4.98 Å². The molecule has 0 aromatic carbocycles. The second kappa shape index (κ2) is 5.50. The minimum atomic E-state index is -0.742. The Balaban J connectivity index is 2.80. The Morgan fingerprint density at radius 3 is 2.72 bits per heavy atom. The topological polar surface area (TPSA) is 72.2 Å². The highest BCUT2D eigenvalue weighted by Gasteiger charge is 2.29. The molecule has 18 heavy (non-hydrogen) atoms. The van der Waals surface area contributed by atoms with E-state index in [0.29, 0.717) is 5.88 Å². The summed E-state index contributed by atoms with van der Waals surface area (Å²) in [4.78, 5) is 15.8. The first-order chi connectivity index (χ1) is 8.40. The molecule has 5 heteroatoms. The Kier molecular flexibility index (Phi) is 4.27. The van der Waals surface area contributed by atoms with Crippen LogP contribution in [0.4, 0.5) is 0 Å². The molecule has 0 unspecified atom stereocenters. The predicted octanol–water partition coefficient (Wildman–Crippen LogP) is 2.19. The van der Waals surface area contributed by atoms with Gasteiger partial charge in [-0.15, -0.1) is 0 Å². The third-order valence-electron chi connectivity index (χ3n) is 2.73. The van der Waals surface area contributed by atoms with Crippen molar-refractivity contribution in [2.24, 2.45) is 5.41 Å². The van der Waals surface area contributed by atoms with Crippen LogP contribution >= 0.6 is 0 Å². The van der Waals surface area contributed by atoms with Crippen LogP contribution in [0.15, 0.2) is 18.2 Å². The van der Waals surface area contributed by atoms with Crippen LogP contribution in [-0.2, 0) is 4.74 Å². The third kappa shape index (κ3) is 3.20. The summed E-state index contributed by atoms with van der Waals surface area (Å²) in [5, 5.41) is 8.95. The zero-order valence-corrected chi connectivity index (χ0v) is 10.9. The van der Waals surface area contributed by atoms with Gasteiger partial charge in [0.05, 0.1) is 18.6 Å². The fraction of sp³-hybridized carbons (Fsp3) is 0.462. The second-order valence-electron chi connectivity index (χ2n) is 4.45. The molecule has 0 N–H and O–H groups in total. The molecular weight excluding hydrogens is 232 g/mol. The largest absolute Gasteiger partial charge is 0.481 e. The molecule has 0 radical (unpaired) electrons. The number of nitrogens with zero attached hydrogens (tertiary/aromatic N) is 2. The van der Waals surface area contributed by atoms with Gasteiger partial charge in [0.1, 0.15) is 6.10 Å². The van der Waals surface area contributed by atoms with Gasteiger partial charge in [0.2, 0.25) is 5.88 Å². The minimum Gasteiger partial charge on any atom is -0.481 e. The molecule has 1 heterocycles. The smallest absolute Gasteiger partial charge is 0.357 e. The molecule has 1 rings (SSSR count). The summed E-state index contributed by atoms with van der Waals surface area (Å²) < 4.78 is 10.1. The van der Waals surface area contributed by atoms with E-state index in [2.05, 4.69) is 11.1 Å². The number of aromatic nitrogens is 1. The average Bonchev–Trinajstić information content (AvgIpc) is 2.38. The summed E-state index contributed by atoms with van der Waals surface area (Å²) >= 11 is 0. The lowest BCUT2D eigenvalue weighted by atomic mass is 9.89. The summed E-state index contributed by atoms with van der Waals surface area (Å²) in [7, 11) is 1.47. The Labute approximate surface area is 106 Å². The van der Waals surface area contributed by atoms with E-state index in [-0.39, 0.29) is 5.69 Å². The van der Waals surface area contributed by atoms with E-state index >= 15 is 0 Å². The molecule has 0 amide bonds.